The number of nitrogens with zero attached hydrogens (tertiary/aromatic N) is 1. The van der Waals surface area contributed by atoms with Crippen molar-refractivity contribution in [2.75, 3.05) is 31.6 Å². The summed E-state index contributed by atoms with van der Waals surface area (Å²) in [6, 6.07) is 6.79. The molecular formula is C17H28N2. The molecule has 0 radical (unpaired) electrons. The molecule has 1 aromatic carbocycles. The molecule has 1 heterocycles. The van der Waals surface area contributed by atoms with Gasteiger partial charge in [0.15, 0.2) is 0 Å². The Labute approximate surface area is 118 Å². The molecule has 0 aliphatic carbocycles. The molecule has 1 aliphatic heterocycles. The van der Waals surface area contributed by atoms with Crippen LogP contribution in [-0.2, 0) is 0 Å². The van der Waals surface area contributed by atoms with E-state index < -0.39 is 0 Å². The summed E-state index contributed by atoms with van der Waals surface area (Å²) in [6.45, 7) is 12.7. The van der Waals surface area contributed by atoms with E-state index in [1.165, 1.54) is 29.8 Å². The van der Waals surface area contributed by atoms with Gasteiger partial charge in [-0.3, -0.25) is 0 Å². The maximum Gasteiger partial charge on any atom is 0.0398 e. The van der Waals surface area contributed by atoms with Crippen molar-refractivity contribution >= 4 is 5.69 Å². The molecule has 1 unspecified atom stereocenters. The highest BCUT2D eigenvalue weighted by molar-refractivity contribution is 5.55. The summed E-state index contributed by atoms with van der Waals surface area (Å²) < 4.78 is 0. The average molecular weight is 260 g/mol. The second-order valence-corrected chi connectivity index (χ2v) is 6.73. The van der Waals surface area contributed by atoms with E-state index in [0.29, 0.717) is 11.3 Å². The lowest BCUT2D eigenvalue weighted by Crippen LogP contribution is -2.48. The fourth-order valence-electron chi connectivity index (χ4n) is 3.10. The molecule has 2 heteroatoms. The summed E-state index contributed by atoms with van der Waals surface area (Å²) in [4.78, 5) is 2.58. The van der Waals surface area contributed by atoms with Crippen molar-refractivity contribution in [3.05, 3.63) is 29.3 Å². The van der Waals surface area contributed by atoms with Crippen LogP contribution >= 0.6 is 0 Å². The Hall–Kier alpha value is -1.02. The monoisotopic (exact) mass is 260 g/mol. The maximum absolute atomic E-state index is 3.36. The van der Waals surface area contributed by atoms with E-state index in [1.807, 2.05) is 0 Å². The third-order valence-corrected chi connectivity index (χ3v) is 4.73. The molecule has 106 valence electrons. The van der Waals surface area contributed by atoms with Gasteiger partial charge >= 0.3 is 0 Å². The Morgan fingerprint density at radius 1 is 1.32 bits per heavy atom. The van der Waals surface area contributed by atoms with E-state index in [4.69, 9.17) is 0 Å². The number of aryl methyl sites for hydroxylation is 2. The zero-order chi connectivity index (χ0) is 14.0. The lowest BCUT2D eigenvalue weighted by atomic mass is 9.73. The fourth-order valence-corrected chi connectivity index (χ4v) is 3.10. The Bertz CT molecular complexity index is 437. The van der Waals surface area contributed by atoms with E-state index >= 15 is 0 Å². The van der Waals surface area contributed by atoms with Crippen molar-refractivity contribution in [1.82, 2.24) is 5.32 Å². The molecule has 0 saturated carbocycles. The van der Waals surface area contributed by atoms with Gasteiger partial charge in [-0.25, -0.2) is 0 Å². The standard InChI is InChI=1S/C17H28N2/c1-13-6-7-14(2)16(10-13)19-9-8-17(3,4)15(12-19)11-18-5/h6-7,10,15,18H,8-9,11-12H2,1-5H3. The van der Waals surface area contributed by atoms with Crippen molar-refractivity contribution in [2.24, 2.45) is 11.3 Å². The number of hydrogen-bond acceptors (Lipinski definition) is 2. The van der Waals surface area contributed by atoms with E-state index in [2.05, 4.69) is 63.2 Å². The summed E-state index contributed by atoms with van der Waals surface area (Å²) in [5, 5.41) is 3.36. The average Bonchev–Trinajstić information content (AvgIpc) is 2.35. The molecule has 0 amide bonds. The second-order valence-electron chi connectivity index (χ2n) is 6.73. The van der Waals surface area contributed by atoms with Gasteiger partial charge in [0.1, 0.15) is 0 Å². The molecule has 1 fully saturated rings. The minimum Gasteiger partial charge on any atom is -0.371 e. The highest BCUT2D eigenvalue weighted by Gasteiger charge is 2.35. The Morgan fingerprint density at radius 2 is 2.05 bits per heavy atom. The highest BCUT2D eigenvalue weighted by Crippen LogP contribution is 2.37. The summed E-state index contributed by atoms with van der Waals surface area (Å²) in [5.74, 6) is 0.714. The molecular weight excluding hydrogens is 232 g/mol. The van der Waals surface area contributed by atoms with Gasteiger partial charge < -0.3 is 10.2 Å². The SMILES string of the molecule is CNCC1CN(c2cc(C)ccc2C)CCC1(C)C. The van der Waals surface area contributed by atoms with Gasteiger partial charge in [0, 0.05) is 18.8 Å². The third-order valence-electron chi connectivity index (χ3n) is 4.73. The number of anilines is 1. The lowest BCUT2D eigenvalue weighted by molar-refractivity contribution is 0.169. The molecule has 1 N–H and O–H groups in total. The van der Waals surface area contributed by atoms with Crippen molar-refractivity contribution in [2.45, 2.75) is 34.1 Å². The van der Waals surface area contributed by atoms with Crippen LogP contribution in [0.4, 0.5) is 5.69 Å². The lowest BCUT2D eigenvalue weighted by Gasteiger charge is -2.45. The van der Waals surface area contributed by atoms with Crippen LogP contribution in [0.15, 0.2) is 18.2 Å². The predicted molar refractivity (Wildman–Crippen MR) is 83.9 cm³/mol. The molecule has 0 bridgehead atoms. The molecule has 0 spiro atoms. The molecule has 2 rings (SSSR count). The third kappa shape index (κ3) is 3.11. The first-order chi connectivity index (χ1) is 8.94. The van der Waals surface area contributed by atoms with Crippen LogP contribution < -0.4 is 10.2 Å². The van der Waals surface area contributed by atoms with E-state index in [0.717, 1.165) is 13.1 Å². The highest BCUT2D eigenvalue weighted by atomic mass is 15.1. The topological polar surface area (TPSA) is 15.3 Å². The van der Waals surface area contributed by atoms with Crippen molar-refractivity contribution in [3.8, 4) is 0 Å². The van der Waals surface area contributed by atoms with E-state index in [1.54, 1.807) is 0 Å². The molecule has 1 aromatic rings. The first-order valence-electron chi connectivity index (χ1n) is 7.41. The van der Waals surface area contributed by atoms with Crippen LogP contribution in [0.2, 0.25) is 0 Å². The minimum atomic E-state index is 0.442. The van der Waals surface area contributed by atoms with Crippen molar-refractivity contribution in [1.29, 1.82) is 0 Å². The van der Waals surface area contributed by atoms with E-state index in [9.17, 15) is 0 Å². The number of piperidine rings is 1. The summed E-state index contributed by atoms with van der Waals surface area (Å²) in [6.07, 6.45) is 1.27. The second kappa shape index (κ2) is 5.54. The van der Waals surface area contributed by atoms with Gasteiger partial charge in [0.25, 0.3) is 0 Å². The first kappa shape index (κ1) is 14.4. The van der Waals surface area contributed by atoms with Gasteiger partial charge in [-0.05, 0) is 62.4 Å². The number of rotatable bonds is 3. The first-order valence-corrected chi connectivity index (χ1v) is 7.41. The van der Waals surface area contributed by atoms with Crippen LogP contribution in [0, 0.1) is 25.2 Å². The Morgan fingerprint density at radius 3 is 2.74 bits per heavy atom. The number of nitrogens with one attached hydrogen (secondary N) is 1. The van der Waals surface area contributed by atoms with Gasteiger partial charge in [-0.15, -0.1) is 0 Å². The minimum absolute atomic E-state index is 0.442. The normalized spacial score (nSPS) is 22.6. The number of hydrogen-bond donors (Lipinski definition) is 1. The van der Waals surface area contributed by atoms with Crippen molar-refractivity contribution < 1.29 is 0 Å². The summed E-state index contributed by atoms with van der Waals surface area (Å²) in [5.41, 5.74) is 4.62. The zero-order valence-electron chi connectivity index (χ0n) is 13.1. The molecule has 0 aromatic heterocycles. The van der Waals surface area contributed by atoms with Crippen LogP contribution in [0.3, 0.4) is 0 Å². The smallest absolute Gasteiger partial charge is 0.0398 e. The van der Waals surface area contributed by atoms with Gasteiger partial charge in [0.2, 0.25) is 0 Å². The van der Waals surface area contributed by atoms with Gasteiger partial charge in [-0.2, -0.15) is 0 Å². The maximum atomic E-state index is 3.36. The van der Waals surface area contributed by atoms with Gasteiger partial charge in [-0.1, -0.05) is 26.0 Å². The van der Waals surface area contributed by atoms with Crippen molar-refractivity contribution in [3.63, 3.8) is 0 Å². The van der Waals surface area contributed by atoms with Gasteiger partial charge in [0.05, 0.1) is 0 Å². The van der Waals surface area contributed by atoms with Crippen LogP contribution in [0.25, 0.3) is 0 Å². The van der Waals surface area contributed by atoms with E-state index in [-0.39, 0.29) is 0 Å². The largest absolute Gasteiger partial charge is 0.371 e. The molecule has 19 heavy (non-hydrogen) atoms. The molecule has 1 atom stereocenters. The fraction of sp³-hybridized carbons (Fsp3) is 0.647. The molecule has 1 aliphatic rings. The Kier molecular flexibility index (Phi) is 4.19. The summed E-state index contributed by atoms with van der Waals surface area (Å²) >= 11 is 0. The molecule has 1 saturated heterocycles. The zero-order valence-corrected chi connectivity index (χ0v) is 13.1. The number of benzene rings is 1. The van der Waals surface area contributed by atoms with Crippen LogP contribution in [0.1, 0.15) is 31.4 Å². The van der Waals surface area contributed by atoms with Crippen LogP contribution in [0.5, 0.6) is 0 Å². The predicted octanol–water partition coefficient (Wildman–Crippen LogP) is 3.38. The molecule has 2 nitrogen and oxygen atoms in total. The summed E-state index contributed by atoms with van der Waals surface area (Å²) in [7, 11) is 2.06. The quantitative estimate of drug-likeness (QED) is 0.896. The van der Waals surface area contributed by atoms with Crippen LogP contribution in [-0.4, -0.2) is 26.7 Å². The Balaban J connectivity index is 2.20.